The summed E-state index contributed by atoms with van der Waals surface area (Å²) >= 11 is 0. The van der Waals surface area contributed by atoms with Gasteiger partial charge in [0.2, 0.25) is 0 Å². The number of ketones is 1. The van der Waals surface area contributed by atoms with Crippen LogP contribution in [0.25, 0.3) is 16.8 Å². The summed E-state index contributed by atoms with van der Waals surface area (Å²) in [6.07, 6.45) is -3.98. The third-order valence-corrected chi connectivity index (χ3v) is 4.88. The highest BCUT2D eigenvalue weighted by Gasteiger charge is 2.45. The Balaban J connectivity index is 1.86. The van der Waals surface area contributed by atoms with E-state index in [9.17, 15) is 22.4 Å². The van der Waals surface area contributed by atoms with Gasteiger partial charge in [0.05, 0.1) is 11.5 Å². The molecular weight excluding hydrogens is 362 g/mol. The fourth-order valence-electron chi connectivity index (χ4n) is 3.33. The van der Waals surface area contributed by atoms with Crippen molar-refractivity contribution in [2.75, 3.05) is 5.73 Å². The third-order valence-electron chi connectivity index (χ3n) is 4.88. The molecule has 1 fully saturated rings. The largest absolute Gasteiger partial charge is 0.416 e. The van der Waals surface area contributed by atoms with Gasteiger partial charge in [-0.15, -0.1) is 0 Å². The molecule has 0 unspecified atom stereocenters. The number of pyridine rings is 1. The molecule has 0 bridgehead atoms. The first-order chi connectivity index (χ1) is 12.7. The Bertz CT molecular complexity index is 1070. The molecule has 2 heterocycles. The number of anilines is 1. The molecule has 1 saturated carbocycles. The van der Waals surface area contributed by atoms with Gasteiger partial charge in [0, 0.05) is 6.20 Å². The predicted octanol–water partition coefficient (Wildman–Crippen LogP) is 4.45. The first-order valence-corrected chi connectivity index (χ1v) is 8.31. The lowest BCUT2D eigenvalue weighted by atomic mass is 9.97. The lowest BCUT2D eigenvalue weighted by Crippen LogP contribution is -2.10. The summed E-state index contributed by atoms with van der Waals surface area (Å²) in [6, 6.07) is 7.12. The number of carbonyl (C=O) groups excluding carboxylic acids is 1. The summed E-state index contributed by atoms with van der Waals surface area (Å²) in [5, 5.41) is 0. The molecule has 27 heavy (non-hydrogen) atoms. The van der Waals surface area contributed by atoms with Gasteiger partial charge in [0.25, 0.3) is 0 Å². The van der Waals surface area contributed by atoms with Gasteiger partial charge >= 0.3 is 6.18 Å². The number of imidazole rings is 1. The molecule has 1 aromatic carbocycles. The van der Waals surface area contributed by atoms with E-state index in [0.29, 0.717) is 16.8 Å². The number of rotatable bonds is 3. The maximum atomic E-state index is 13.3. The van der Waals surface area contributed by atoms with Gasteiger partial charge in [-0.25, -0.2) is 9.37 Å². The van der Waals surface area contributed by atoms with Crippen LogP contribution in [0.2, 0.25) is 0 Å². The second kappa shape index (κ2) is 5.80. The monoisotopic (exact) mass is 377 g/mol. The van der Waals surface area contributed by atoms with Gasteiger partial charge in [0.1, 0.15) is 17.5 Å². The second-order valence-electron chi connectivity index (χ2n) is 6.69. The maximum absolute atomic E-state index is 13.3. The summed E-state index contributed by atoms with van der Waals surface area (Å²) < 4.78 is 54.3. The number of halogens is 4. The average Bonchev–Trinajstić information content (AvgIpc) is 3.23. The van der Waals surface area contributed by atoms with E-state index in [1.807, 2.05) is 0 Å². The fourth-order valence-corrected chi connectivity index (χ4v) is 3.33. The predicted molar refractivity (Wildman–Crippen MR) is 92.1 cm³/mol. The zero-order chi connectivity index (χ0) is 19.5. The smallest absolute Gasteiger partial charge is 0.382 e. The maximum Gasteiger partial charge on any atom is 0.416 e. The molecule has 140 valence electrons. The highest BCUT2D eigenvalue weighted by molar-refractivity contribution is 6.03. The SMILES string of the molecule is Cc1c(-c2ccc3nc(N)c(C(=O)[C@@H]4C[C@@H]4F)n3c2)cccc1C(F)(F)F. The number of aromatic nitrogens is 2. The van der Waals surface area contributed by atoms with Crippen LogP contribution in [0.4, 0.5) is 23.4 Å². The Labute approximate surface area is 151 Å². The van der Waals surface area contributed by atoms with Crippen molar-refractivity contribution in [3.63, 3.8) is 0 Å². The molecule has 0 spiro atoms. The number of fused-ring (bicyclic) bond motifs is 1. The van der Waals surface area contributed by atoms with E-state index in [0.717, 1.165) is 6.07 Å². The van der Waals surface area contributed by atoms with Crippen molar-refractivity contribution in [3.05, 3.63) is 53.3 Å². The van der Waals surface area contributed by atoms with Gasteiger partial charge in [-0.05, 0) is 48.2 Å². The Morgan fingerprint density at radius 2 is 1.96 bits per heavy atom. The van der Waals surface area contributed by atoms with E-state index in [-0.39, 0.29) is 23.5 Å². The highest BCUT2D eigenvalue weighted by Crippen LogP contribution is 2.39. The first kappa shape index (κ1) is 17.5. The van der Waals surface area contributed by atoms with E-state index in [1.54, 1.807) is 18.2 Å². The number of carbonyl (C=O) groups is 1. The molecule has 0 amide bonds. The van der Waals surface area contributed by atoms with Crippen molar-refractivity contribution in [3.8, 4) is 11.1 Å². The summed E-state index contributed by atoms with van der Waals surface area (Å²) in [5.74, 6) is -1.19. The van der Waals surface area contributed by atoms with Gasteiger partial charge in [-0.1, -0.05) is 12.1 Å². The van der Waals surface area contributed by atoms with Crippen LogP contribution in [0.3, 0.4) is 0 Å². The number of hydrogen-bond acceptors (Lipinski definition) is 3. The molecule has 1 aliphatic carbocycles. The Morgan fingerprint density at radius 1 is 1.26 bits per heavy atom. The van der Waals surface area contributed by atoms with E-state index >= 15 is 0 Å². The second-order valence-corrected chi connectivity index (χ2v) is 6.69. The molecule has 1 aliphatic rings. The summed E-state index contributed by atoms with van der Waals surface area (Å²) in [7, 11) is 0. The number of nitrogens with zero attached hydrogens (tertiary/aromatic N) is 2. The van der Waals surface area contributed by atoms with Crippen LogP contribution in [0.15, 0.2) is 36.5 Å². The lowest BCUT2D eigenvalue weighted by molar-refractivity contribution is -0.138. The third kappa shape index (κ3) is 2.85. The van der Waals surface area contributed by atoms with Crippen molar-refractivity contribution in [2.24, 2.45) is 5.92 Å². The van der Waals surface area contributed by atoms with Crippen molar-refractivity contribution in [2.45, 2.75) is 25.7 Å². The van der Waals surface area contributed by atoms with Crippen LogP contribution in [0, 0.1) is 12.8 Å². The molecule has 8 heteroatoms. The van der Waals surface area contributed by atoms with Gasteiger partial charge in [-0.3, -0.25) is 9.20 Å². The van der Waals surface area contributed by atoms with Crippen LogP contribution in [-0.4, -0.2) is 21.3 Å². The summed E-state index contributed by atoms with van der Waals surface area (Å²) in [5.41, 5.74) is 6.50. The molecule has 4 nitrogen and oxygen atoms in total. The normalized spacial score (nSPS) is 19.4. The number of nitrogen functional groups attached to an aromatic ring is 1. The minimum atomic E-state index is -4.47. The molecular formula is C19H15F4N3O. The Hall–Kier alpha value is -2.90. The summed E-state index contributed by atoms with van der Waals surface area (Å²) in [6.45, 7) is 1.40. The molecule has 2 atom stereocenters. The number of alkyl halides is 4. The van der Waals surface area contributed by atoms with Crippen LogP contribution in [0.5, 0.6) is 0 Å². The molecule has 0 aliphatic heterocycles. The fraction of sp³-hybridized carbons (Fsp3) is 0.263. The van der Waals surface area contributed by atoms with Gasteiger partial charge < -0.3 is 5.73 Å². The van der Waals surface area contributed by atoms with Gasteiger partial charge in [0.15, 0.2) is 11.6 Å². The topological polar surface area (TPSA) is 60.4 Å². The Morgan fingerprint density at radius 3 is 2.59 bits per heavy atom. The van der Waals surface area contributed by atoms with Crippen LogP contribution in [0.1, 0.15) is 28.0 Å². The van der Waals surface area contributed by atoms with E-state index < -0.39 is 29.6 Å². The van der Waals surface area contributed by atoms with Crippen molar-refractivity contribution in [1.29, 1.82) is 0 Å². The lowest BCUT2D eigenvalue weighted by Gasteiger charge is -2.14. The van der Waals surface area contributed by atoms with Crippen LogP contribution < -0.4 is 5.73 Å². The minimum Gasteiger partial charge on any atom is -0.382 e. The van der Waals surface area contributed by atoms with E-state index in [2.05, 4.69) is 4.98 Å². The molecule has 0 radical (unpaired) electrons. The van der Waals surface area contributed by atoms with E-state index in [1.165, 1.54) is 23.6 Å². The quantitative estimate of drug-likeness (QED) is 0.542. The number of benzene rings is 1. The van der Waals surface area contributed by atoms with E-state index in [4.69, 9.17) is 5.73 Å². The van der Waals surface area contributed by atoms with Crippen LogP contribution in [-0.2, 0) is 6.18 Å². The number of nitrogens with two attached hydrogens (primary N) is 1. The van der Waals surface area contributed by atoms with Crippen molar-refractivity contribution in [1.82, 2.24) is 9.38 Å². The van der Waals surface area contributed by atoms with Crippen molar-refractivity contribution < 1.29 is 22.4 Å². The van der Waals surface area contributed by atoms with Crippen LogP contribution >= 0.6 is 0 Å². The summed E-state index contributed by atoms with van der Waals surface area (Å²) in [4.78, 5) is 16.6. The number of hydrogen-bond donors (Lipinski definition) is 1. The van der Waals surface area contributed by atoms with Gasteiger partial charge in [-0.2, -0.15) is 13.2 Å². The number of Topliss-reactive ketones (excluding diaryl/α,β-unsaturated/α-hetero) is 1. The molecule has 2 aromatic heterocycles. The van der Waals surface area contributed by atoms with Crippen molar-refractivity contribution >= 4 is 17.2 Å². The molecule has 3 aromatic rings. The zero-order valence-electron chi connectivity index (χ0n) is 14.2. The standard InChI is InChI=1S/C19H15F4N3O/c1-9-11(3-2-4-13(9)19(21,22)23)10-5-6-15-25-18(24)16(26(15)8-10)17(27)12-7-14(12)20/h2-6,8,12,14H,7,24H2,1H3/t12-,14+/m1/s1. The highest BCUT2D eigenvalue weighted by atomic mass is 19.4. The molecule has 4 rings (SSSR count). The Kier molecular flexibility index (Phi) is 3.76. The minimum absolute atomic E-state index is 0.0167. The molecule has 2 N–H and O–H groups in total. The molecule has 0 saturated heterocycles. The first-order valence-electron chi connectivity index (χ1n) is 8.31. The average molecular weight is 377 g/mol. The zero-order valence-corrected chi connectivity index (χ0v) is 14.2.